The molecule has 0 aliphatic carbocycles. The molecule has 1 fully saturated rings. The first-order chi connectivity index (χ1) is 7.44. The summed E-state index contributed by atoms with van der Waals surface area (Å²) < 4.78 is 0. The fourth-order valence-corrected chi connectivity index (χ4v) is 2.29. The lowest BCUT2D eigenvalue weighted by molar-refractivity contribution is 0.139. The Morgan fingerprint density at radius 3 is 2.62 bits per heavy atom. The molecular formula is C13H26N2O. The lowest BCUT2D eigenvalue weighted by atomic mass is 9.98. The molecule has 1 saturated heterocycles. The van der Waals surface area contributed by atoms with Crippen molar-refractivity contribution >= 4 is 6.03 Å². The van der Waals surface area contributed by atoms with Crippen LogP contribution in [0.4, 0.5) is 4.79 Å². The molecule has 3 nitrogen and oxygen atoms in total. The number of carbonyl (C=O) groups is 1. The Hall–Kier alpha value is -0.730. The first-order valence-electron chi connectivity index (χ1n) is 6.53. The zero-order valence-corrected chi connectivity index (χ0v) is 11.2. The smallest absolute Gasteiger partial charge is 0.318 e. The summed E-state index contributed by atoms with van der Waals surface area (Å²) in [5, 5.41) is 3.06. The second-order valence-corrected chi connectivity index (χ2v) is 5.81. The third-order valence-corrected chi connectivity index (χ3v) is 2.99. The lowest BCUT2D eigenvalue weighted by Crippen LogP contribution is -2.53. The minimum Gasteiger partial charge on any atom is -0.333 e. The largest absolute Gasteiger partial charge is 0.333 e. The Balaban J connectivity index is 2.57. The maximum atomic E-state index is 12.1. The van der Waals surface area contributed by atoms with Crippen LogP contribution in [0.15, 0.2) is 0 Å². The topological polar surface area (TPSA) is 32.3 Å². The third-order valence-electron chi connectivity index (χ3n) is 2.99. The minimum atomic E-state index is -0.134. The highest BCUT2D eigenvalue weighted by Gasteiger charge is 2.27. The molecule has 0 aromatic rings. The van der Waals surface area contributed by atoms with E-state index < -0.39 is 0 Å². The van der Waals surface area contributed by atoms with Crippen molar-refractivity contribution in [3.63, 3.8) is 0 Å². The van der Waals surface area contributed by atoms with E-state index in [1.165, 1.54) is 12.8 Å². The predicted octanol–water partition coefficient (Wildman–Crippen LogP) is 3.15. The van der Waals surface area contributed by atoms with Crippen molar-refractivity contribution in [3.8, 4) is 0 Å². The van der Waals surface area contributed by atoms with Gasteiger partial charge < -0.3 is 10.2 Å². The van der Waals surface area contributed by atoms with Crippen LogP contribution in [0.1, 0.15) is 59.8 Å². The van der Waals surface area contributed by atoms with Crippen LogP contribution >= 0.6 is 0 Å². The molecule has 0 aromatic heterocycles. The van der Waals surface area contributed by atoms with Crippen molar-refractivity contribution in [1.82, 2.24) is 10.2 Å². The highest BCUT2D eigenvalue weighted by atomic mass is 16.2. The standard InChI is InChI=1S/C13H26N2O/c1-5-8-11-9-6-7-10-15(11)12(16)14-13(2,3)4/h11H,5-10H2,1-4H3,(H,14,16). The van der Waals surface area contributed by atoms with Gasteiger partial charge in [-0.2, -0.15) is 0 Å². The number of hydrogen-bond donors (Lipinski definition) is 1. The second-order valence-electron chi connectivity index (χ2n) is 5.81. The molecule has 0 spiro atoms. The monoisotopic (exact) mass is 226 g/mol. The number of rotatable bonds is 2. The van der Waals surface area contributed by atoms with Gasteiger partial charge in [0.25, 0.3) is 0 Å². The summed E-state index contributed by atoms with van der Waals surface area (Å²) in [6.07, 6.45) is 5.88. The number of hydrogen-bond acceptors (Lipinski definition) is 1. The van der Waals surface area contributed by atoms with Gasteiger partial charge in [0.15, 0.2) is 0 Å². The molecule has 0 bridgehead atoms. The van der Waals surface area contributed by atoms with Gasteiger partial charge in [0.1, 0.15) is 0 Å². The summed E-state index contributed by atoms with van der Waals surface area (Å²) in [4.78, 5) is 14.2. The molecule has 0 radical (unpaired) electrons. The Bertz CT molecular complexity index is 231. The van der Waals surface area contributed by atoms with Crippen LogP contribution in [0.25, 0.3) is 0 Å². The van der Waals surface area contributed by atoms with Crippen molar-refractivity contribution in [3.05, 3.63) is 0 Å². The third kappa shape index (κ3) is 4.03. The van der Waals surface area contributed by atoms with Crippen LogP contribution in [0.5, 0.6) is 0 Å². The molecule has 16 heavy (non-hydrogen) atoms. The van der Waals surface area contributed by atoms with E-state index in [1.54, 1.807) is 0 Å². The van der Waals surface area contributed by atoms with E-state index in [-0.39, 0.29) is 11.6 Å². The van der Waals surface area contributed by atoms with Gasteiger partial charge in [-0.1, -0.05) is 13.3 Å². The molecule has 1 aliphatic rings. The molecule has 1 aliphatic heterocycles. The number of likely N-dealkylation sites (tertiary alicyclic amines) is 1. The van der Waals surface area contributed by atoms with Crippen molar-refractivity contribution in [2.45, 2.75) is 71.4 Å². The van der Waals surface area contributed by atoms with Gasteiger partial charge in [-0.15, -0.1) is 0 Å². The summed E-state index contributed by atoms with van der Waals surface area (Å²) >= 11 is 0. The van der Waals surface area contributed by atoms with Gasteiger partial charge in [0, 0.05) is 18.1 Å². The van der Waals surface area contributed by atoms with Crippen molar-refractivity contribution in [2.75, 3.05) is 6.54 Å². The van der Waals surface area contributed by atoms with Crippen LogP contribution in [-0.2, 0) is 0 Å². The molecule has 0 saturated carbocycles. The number of urea groups is 1. The summed E-state index contributed by atoms with van der Waals surface area (Å²) in [7, 11) is 0. The van der Waals surface area contributed by atoms with Crippen LogP contribution in [0, 0.1) is 0 Å². The summed E-state index contributed by atoms with van der Waals surface area (Å²) in [5.74, 6) is 0. The van der Waals surface area contributed by atoms with Gasteiger partial charge >= 0.3 is 6.03 Å². The lowest BCUT2D eigenvalue weighted by Gasteiger charge is -2.37. The molecule has 1 atom stereocenters. The summed E-state index contributed by atoms with van der Waals surface area (Å²) in [5.41, 5.74) is -0.134. The second kappa shape index (κ2) is 5.55. The fourth-order valence-electron chi connectivity index (χ4n) is 2.29. The Kier molecular flexibility index (Phi) is 4.63. The number of piperidine rings is 1. The molecule has 1 unspecified atom stereocenters. The number of amides is 2. The average Bonchev–Trinajstić information content (AvgIpc) is 2.16. The summed E-state index contributed by atoms with van der Waals surface area (Å²) in [6, 6.07) is 0.576. The number of nitrogens with zero attached hydrogens (tertiary/aromatic N) is 1. The predicted molar refractivity (Wildman–Crippen MR) is 67.5 cm³/mol. The van der Waals surface area contributed by atoms with Crippen molar-refractivity contribution < 1.29 is 4.79 Å². The normalized spacial score (nSPS) is 22.0. The zero-order valence-electron chi connectivity index (χ0n) is 11.2. The highest BCUT2D eigenvalue weighted by molar-refractivity contribution is 5.75. The van der Waals surface area contributed by atoms with Gasteiger partial charge in [0.05, 0.1) is 0 Å². The van der Waals surface area contributed by atoms with Crippen LogP contribution in [0.2, 0.25) is 0 Å². The molecule has 1 N–H and O–H groups in total. The first kappa shape index (κ1) is 13.3. The van der Waals surface area contributed by atoms with E-state index in [2.05, 4.69) is 12.2 Å². The van der Waals surface area contributed by atoms with E-state index in [9.17, 15) is 4.79 Å². The molecule has 2 amide bonds. The van der Waals surface area contributed by atoms with Crippen LogP contribution in [-0.4, -0.2) is 29.1 Å². The Morgan fingerprint density at radius 1 is 1.38 bits per heavy atom. The van der Waals surface area contributed by atoms with E-state index in [4.69, 9.17) is 0 Å². The van der Waals surface area contributed by atoms with Gasteiger partial charge in [0.2, 0.25) is 0 Å². The van der Waals surface area contributed by atoms with E-state index in [0.717, 1.165) is 25.8 Å². The SMILES string of the molecule is CCCC1CCCCN1C(=O)NC(C)(C)C. The molecule has 1 heterocycles. The van der Waals surface area contributed by atoms with Crippen molar-refractivity contribution in [1.29, 1.82) is 0 Å². The van der Waals surface area contributed by atoms with Crippen molar-refractivity contribution in [2.24, 2.45) is 0 Å². The Labute approximate surface area is 99.6 Å². The highest BCUT2D eigenvalue weighted by Crippen LogP contribution is 2.21. The maximum Gasteiger partial charge on any atom is 0.318 e. The average molecular weight is 226 g/mol. The van der Waals surface area contributed by atoms with E-state index in [0.29, 0.717) is 6.04 Å². The number of carbonyl (C=O) groups excluding carboxylic acids is 1. The molecule has 94 valence electrons. The van der Waals surface area contributed by atoms with E-state index in [1.807, 2.05) is 25.7 Å². The van der Waals surface area contributed by atoms with Gasteiger partial charge in [-0.05, 0) is 46.5 Å². The zero-order chi connectivity index (χ0) is 12.2. The maximum absolute atomic E-state index is 12.1. The quantitative estimate of drug-likeness (QED) is 0.770. The minimum absolute atomic E-state index is 0.116. The first-order valence-corrected chi connectivity index (χ1v) is 6.53. The molecular weight excluding hydrogens is 200 g/mol. The molecule has 3 heteroatoms. The van der Waals surface area contributed by atoms with Crippen LogP contribution < -0.4 is 5.32 Å². The number of nitrogens with one attached hydrogen (secondary N) is 1. The fraction of sp³-hybridized carbons (Fsp3) is 0.923. The van der Waals surface area contributed by atoms with Crippen LogP contribution in [0.3, 0.4) is 0 Å². The molecule has 0 aromatic carbocycles. The van der Waals surface area contributed by atoms with Gasteiger partial charge in [-0.25, -0.2) is 4.79 Å². The van der Waals surface area contributed by atoms with Gasteiger partial charge in [-0.3, -0.25) is 0 Å². The van der Waals surface area contributed by atoms with E-state index >= 15 is 0 Å². The summed E-state index contributed by atoms with van der Waals surface area (Å²) in [6.45, 7) is 9.21. The molecule has 1 rings (SSSR count). The Morgan fingerprint density at radius 2 is 2.06 bits per heavy atom.